The van der Waals surface area contributed by atoms with E-state index >= 15 is 0 Å². The molecule has 0 spiro atoms. The van der Waals surface area contributed by atoms with Crippen molar-refractivity contribution in [1.29, 1.82) is 0 Å². The van der Waals surface area contributed by atoms with Gasteiger partial charge in [-0.2, -0.15) is 0 Å². The standard InChI is InChI=1S/C11H12F2O2/c1-11(2,10(14)15)6-7-8(12)4-3-5-9(7)13/h3-5H,6H2,1-2H3,(H,14,15). The third-order valence-electron chi connectivity index (χ3n) is 2.26. The van der Waals surface area contributed by atoms with Crippen LogP contribution < -0.4 is 0 Å². The molecule has 0 fully saturated rings. The molecule has 1 aromatic carbocycles. The molecule has 0 saturated carbocycles. The Kier molecular flexibility index (Phi) is 3.07. The third-order valence-corrected chi connectivity index (χ3v) is 2.26. The van der Waals surface area contributed by atoms with Crippen molar-refractivity contribution in [3.63, 3.8) is 0 Å². The molecule has 0 amide bonds. The summed E-state index contributed by atoms with van der Waals surface area (Å²) in [6, 6.07) is 3.49. The summed E-state index contributed by atoms with van der Waals surface area (Å²) in [5.74, 6) is -2.49. The highest BCUT2D eigenvalue weighted by Gasteiger charge is 2.29. The molecule has 2 nitrogen and oxygen atoms in total. The highest BCUT2D eigenvalue weighted by Crippen LogP contribution is 2.25. The number of benzene rings is 1. The lowest BCUT2D eigenvalue weighted by Gasteiger charge is -2.19. The van der Waals surface area contributed by atoms with Crippen LogP contribution in [-0.4, -0.2) is 11.1 Å². The molecule has 0 bridgehead atoms. The second-order valence-corrected chi connectivity index (χ2v) is 4.07. The summed E-state index contributed by atoms with van der Waals surface area (Å²) in [7, 11) is 0. The van der Waals surface area contributed by atoms with E-state index < -0.39 is 23.0 Å². The van der Waals surface area contributed by atoms with Crippen molar-refractivity contribution in [2.75, 3.05) is 0 Å². The average Bonchev–Trinajstić information content (AvgIpc) is 2.11. The van der Waals surface area contributed by atoms with Crippen molar-refractivity contribution < 1.29 is 18.7 Å². The Balaban J connectivity index is 3.04. The molecule has 0 atom stereocenters. The van der Waals surface area contributed by atoms with E-state index in [1.54, 1.807) is 0 Å². The first-order valence-electron chi connectivity index (χ1n) is 4.51. The lowest BCUT2D eigenvalue weighted by Crippen LogP contribution is -2.27. The predicted molar refractivity (Wildman–Crippen MR) is 51.5 cm³/mol. The molecule has 1 aromatic rings. The summed E-state index contributed by atoms with van der Waals surface area (Å²) in [6.07, 6.45) is -0.166. The van der Waals surface area contributed by atoms with E-state index in [-0.39, 0.29) is 12.0 Å². The van der Waals surface area contributed by atoms with Gasteiger partial charge < -0.3 is 5.11 Å². The maximum atomic E-state index is 13.2. The second-order valence-electron chi connectivity index (χ2n) is 4.07. The quantitative estimate of drug-likeness (QED) is 0.839. The SMILES string of the molecule is CC(C)(Cc1c(F)cccc1F)C(=O)O. The molecule has 15 heavy (non-hydrogen) atoms. The Hall–Kier alpha value is -1.45. The minimum absolute atomic E-state index is 0.166. The molecular weight excluding hydrogens is 202 g/mol. The van der Waals surface area contributed by atoms with Gasteiger partial charge in [0, 0.05) is 5.56 Å². The van der Waals surface area contributed by atoms with Crippen molar-refractivity contribution in [3.05, 3.63) is 35.4 Å². The molecule has 0 aliphatic carbocycles. The molecule has 0 radical (unpaired) electrons. The Labute approximate surface area is 86.5 Å². The minimum Gasteiger partial charge on any atom is -0.481 e. The number of rotatable bonds is 3. The number of hydrogen-bond donors (Lipinski definition) is 1. The van der Waals surface area contributed by atoms with Gasteiger partial charge in [-0.3, -0.25) is 4.79 Å². The molecule has 4 heteroatoms. The van der Waals surface area contributed by atoms with Gasteiger partial charge in [0.25, 0.3) is 0 Å². The number of carbonyl (C=O) groups is 1. The van der Waals surface area contributed by atoms with Gasteiger partial charge in [0.15, 0.2) is 0 Å². The van der Waals surface area contributed by atoms with Gasteiger partial charge in [-0.15, -0.1) is 0 Å². The van der Waals surface area contributed by atoms with Crippen molar-refractivity contribution in [2.24, 2.45) is 5.41 Å². The normalized spacial score (nSPS) is 11.5. The van der Waals surface area contributed by atoms with E-state index in [1.165, 1.54) is 19.9 Å². The highest BCUT2D eigenvalue weighted by molar-refractivity contribution is 5.74. The van der Waals surface area contributed by atoms with Gasteiger partial charge in [0.2, 0.25) is 0 Å². The largest absolute Gasteiger partial charge is 0.481 e. The van der Waals surface area contributed by atoms with Gasteiger partial charge in [0.1, 0.15) is 11.6 Å². The monoisotopic (exact) mass is 214 g/mol. The number of carboxylic acid groups (broad SMARTS) is 1. The smallest absolute Gasteiger partial charge is 0.309 e. The third kappa shape index (κ3) is 2.52. The van der Waals surface area contributed by atoms with Crippen LogP contribution in [0.4, 0.5) is 8.78 Å². The fourth-order valence-corrected chi connectivity index (χ4v) is 1.22. The highest BCUT2D eigenvalue weighted by atomic mass is 19.1. The topological polar surface area (TPSA) is 37.3 Å². The van der Waals surface area contributed by atoms with Crippen molar-refractivity contribution in [1.82, 2.24) is 0 Å². The van der Waals surface area contributed by atoms with Gasteiger partial charge in [-0.25, -0.2) is 8.78 Å². The van der Waals surface area contributed by atoms with Gasteiger partial charge in [-0.1, -0.05) is 6.07 Å². The number of halogens is 2. The fraction of sp³-hybridized carbons (Fsp3) is 0.364. The van der Waals surface area contributed by atoms with Crippen LogP contribution in [0.2, 0.25) is 0 Å². The Morgan fingerprint density at radius 1 is 1.33 bits per heavy atom. The maximum Gasteiger partial charge on any atom is 0.309 e. The van der Waals surface area contributed by atoms with Crippen LogP contribution in [0.5, 0.6) is 0 Å². The maximum absolute atomic E-state index is 13.2. The molecular formula is C11H12F2O2. The zero-order valence-corrected chi connectivity index (χ0v) is 8.55. The lowest BCUT2D eigenvalue weighted by molar-refractivity contribution is -0.146. The Morgan fingerprint density at radius 2 is 1.80 bits per heavy atom. The van der Waals surface area contributed by atoms with Crippen molar-refractivity contribution >= 4 is 5.97 Å². The van der Waals surface area contributed by atoms with Crippen LogP contribution >= 0.6 is 0 Å². The predicted octanol–water partition coefficient (Wildman–Crippen LogP) is 2.62. The molecule has 0 heterocycles. The summed E-state index contributed by atoms with van der Waals surface area (Å²) in [5, 5.41) is 8.84. The second kappa shape index (κ2) is 3.96. The molecule has 0 unspecified atom stereocenters. The van der Waals surface area contributed by atoms with Crippen LogP contribution in [0, 0.1) is 17.0 Å². The van der Waals surface area contributed by atoms with Crippen molar-refractivity contribution in [2.45, 2.75) is 20.3 Å². The van der Waals surface area contributed by atoms with Crippen LogP contribution in [0.1, 0.15) is 19.4 Å². The molecule has 0 saturated heterocycles. The van der Waals surface area contributed by atoms with Crippen LogP contribution in [0.15, 0.2) is 18.2 Å². The van der Waals surface area contributed by atoms with Gasteiger partial charge in [0.05, 0.1) is 5.41 Å². The Bertz CT molecular complexity index is 366. The number of hydrogen-bond acceptors (Lipinski definition) is 1. The van der Waals surface area contributed by atoms with E-state index in [1.807, 2.05) is 0 Å². The summed E-state index contributed by atoms with van der Waals surface area (Å²) in [6.45, 7) is 2.86. The first kappa shape index (κ1) is 11.6. The summed E-state index contributed by atoms with van der Waals surface area (Å²) in [5.41, 5.74) is -1.35. The lowest BCUT2D eigenvalue weighted by atomic mass is 9.85. The summed E-state index contributed by atoms with van der Waals surface area (Å²) < 4.78 is 26.4. The number of aliphatic carboxylic acids is 1. The first-order valence-corrected chi connectivity index (χ1v) is 4.51. The fourth-order valence-electron chi connectivity index (χ4n) is 1.22. The molecule has 1 N–H and O–H groups in total. The zero-order chi connectivity index (χ0) is 11.6. The van der Waals surface area contributed by atoms with Crippen LogP contribution in [0.3, 0.4) is 0 Å². The average molecular weight is 214 g/mol. The van der Waals surface area contributed by atoms with E-state index in [0.29, 0.717) is 0 Å². The molecule has 82 valence electrons. The first-order chi connectivity index (χ1) is 6.84. The Morgan fingerprint density at radius 3 is 2.20 bits per heavy atom. The van der Waals surface area contributed by atoms with Crippen molar-refractivity contribution in [3.8, 4) is 0 Å². The van der Waals surface area contributed by atoms with E-state index in [0.717, 1.165) is 12.1 Å². The summed E-state index contributed by atoms with van der Waals surface area (Å²) >= 11 is 0. The van der Waals surface area contributed by atoms with Gasteiger partial charge >= 0.3 is 5.97 Å². The van der Waals surface area contributed by atoms with Crippen LogP contribution in [-0.2, 0) is 11.2 Å². The van der Waals surface area contributed by atoms with Crippen LogP contribution in [0.25, 0.3) is 0 Å². The number of carboxylic acids is 1. The zero-order valence-electron chi connectivity index (χ0n) is 8.55. The molecule has 0 aliphatic rings. The van der Waals surface area contributed by atoms with E-state index in [9.17, 15) is 13.6 Å². The van der Waals surface area contributed by atoms with E-state index in [4.69, 9.17) is 5.11 Å². The molecule has 0 aromatic heterocycles. The molecule has 1 rings (SSSR count). The minimum atomic E-state index is -1.18. The molecule has 0 aliphatic heterocycles. The van der Waals surface area contributed by atoms with E-state index in [2.05, 4.69) is 0 Å². The summed E-state index contributed by atoms with van der Waals surface area (Å²) in [4.78, 5) is 10.8. The van der Waals surface area contributed by atoms with Gasteiger partial charge in [-0.05, 0) is 32.4 Å².